The molecule has 0 saturated carbocycles. The van der Waals surface area contributed by atoms with Gasteiger partial charge in [-0.15, -0.1) is 0 Å². The van der Waals surface area contributed by atoms with Crippen molar-refractivity contribution in [3.8, 4) is 5.75 Å². The van der Waals surface area contributed by atoms with E-state index in [4.69, 9.17) is 4.74 Å². The SMILES string of the molecule is COc1ccc(/C=C/C(=O)c2ccc(N(C)C)cc2)cc1C. The maximum atomic E-state index is 12.2. The maximum Gasteiger partial charge on any atom is 0.185 e. The molecule has 0 bridgehead atoms. The molecule has 0 aromatic heterocycles. The van der Waals surface area contributed by atoms with Crippen LogP contribution < -0.4 is 9.64 Å². The van der Waals surface area contributed by atoms with Crippen molar-refractivity contribution < 1.29 is 9.53 Å². The number of ether oxygens (including phenoxy) is 1. The minimum absolute atomic E-state index is 0.00113. The summed E-state index contributed by atoms with van der Waals surface area (Å²) >= 11 is 0. The number of carbonyl (C=O) groups excluding carboxylic acids is 1. The first-order chi connectivity index (χ1) is 10.5. The zero-order valence-corrected chi connectivity index (χ0v) is 13.5. The van der Waals surface area contributed by atoms with Crippen LogP contribution in [0, 0.1) is 6.92 Å². The lowest BCUT2D eigenvalue weighted by Crippen LogP contribution is -2.08. The molecule has 0 atom stereocenters. The smallest absolute Gasteiger partial charge is 0.185 e. The summed E-state index contributed by atoms with van der Waals surface area (Å²) in [5.74, 6) is 0.849. The lowest BCUT2D eigenvalue weighted by molar-refractivity contribution is 0.104. The third kappa shape index (κ3) is 3.76. The molecular weight excluding hydrogens is 274 g/mol. The van der Waals surface area contributed by atoms with E-state index >= 15 is 0 Å². The van der Waals surface area contributed by atoms with Crippen LogP contribution in [0.2, 0.25) is 0 Å². The van der Waals surface area contributed by atoms with Crippen molar-refractivity contribution in [3.05, 3.63) is 65.2 Å². The standard InChI is InChI=1S/C19H21NO2/c1-14-13-15(6-12-19(14)22-4)5-11-18(21)16-7-9-17(10-8-16)20(2)3/h5-13H,1-4H3/b11-5+. The molecule has 0 heterocycles. The highest BCUT2D eigenvalue weighted by Gasteiger charge is 2.03. The molecule has 0 N–H and O–H groups in total. The molecule has 0 radical (unpaired) electrons. The minimum Gasteiger partial charge on any atom is -0.496 e. The maximum absolute atomic E-state index is 12.2. The second-order valence-corrected chi connectivity index (χ2v) is 5.37. The van der Waals surface area contributed by atoms with Crippen molar-refractivity contribution in [1.82, 2.24) is 0 Å². The Kier molecular flexibility index (Phi) is 4.99. The zero-order chi connectivity index (χ0) is 16.1. The summed E-state index contributed by atoms with van der Waals surface area (Å²) in [7, 11) is 5.60. The van der Waals surface area contributed by atoms with Gasteiger partial charge in [0.2, 0.25) is 0 Å². The van der Waals surface area contributed by atoms with E-state index in [0.717, 1.165) is 22.6 Å². The third-order valence-electron chi connectivity index (χ3n) is 3.51. The van der Waals surface area contributed by atoms with Gasteiger partial charge in [-0.2, -0.15) is 0 Å². The quantitative estimate of drug-likeness (QED) is 0.617. The van der Waals surface area contributed by atoms with Gasteiger partial charge in [0, 0.05) is 25.3 Å². The van der Waals surface area contributed by atoms with E-state index in [1.54, 1.807) is 13.2 Å². The molecule has 0 unspecified atom stereocenters. The number of nitrogens with zero attached hydrogens (tertiary/aromatic N) is 1. The van der Waals surface area contributed by atoms with Gasteiger partial charge in [0.05, 0.1) is 7.11 Å². The summed E-state index contributed by atoms with van der Waals surface area (Å²) in [5.41, 5.74) is 3.79. The van der Waals surface area contributed by atoms with E-state index in [1.165, 1.54) is 0 Å². The number of allylic oxidation sites excluding steroid dienone is 1. The molecule has 22 heavy (non-hydrogen) atoms. The number of ketones is 1. The van der Waals surface area contributed by atoms with Crippen LogP contribution in [0.3, 0.4) is 0 Å². The molecular formula is C19H21NO2. The summed E-state index contributed by atoms with van der Waals surface area (Å²) in [6, 6.07) is 13.4. The highest BCUT2D eigenvalue weighted by atomic mass is 16.5. The Hall–Kier alpha value is -2.55. The second-order valence-electron chi connectivity index (χ2n) is 5.37. The van der Waals surface area contributed by atoms with E-state index in [1.807, 2.05) is 74.5 Å². The van der Waals surface area contributed by atoms with E-state index in [0.29, 0.717) is 5.56 Å². The Morgan fingerprint density at radius 3 is 2.32 bits per heavy atom. The van der Waals surface area contributed by atoms with Crippen LogP contribution in [0.5, 0.6) is 5.75 Å². The normalized spacial score (nSPS) is 10.7. The predicted molar refractivity (Wildman–Crippen MR) is 91.9 cm³/mol. The summed E-state index contributed by atoms with van der Waals surface area (Å²) < 4.78 is 5.23. The van der Waals surface area contributed by atoms with Crippen LogP contribution in [0.25, 0.3) is 6.08 Å². The number of hydrogen-bond acceptors (Lipinski definition) is 3. The first-order valence-electron chi connectivity index (χ1n) is 7.15. The highest BCUT2D eigenvalue weighted by molar-refractivity contribution is 6.07. The van der Waals surface area contributed by atoms with Crippen LogP contribution in [0.4, 0.5) is 5.69 Å². The molecule has 0 aliphatic rings. The number of anilines is 1. The number of benzene rings is 2. The van der Waals surface area contributed by atoms with Gasteiger partial charge in [0.25, 0.3) is 0 Å². The van der Waals surface area contributed by atoms with E-state index in [-0.39, 0.29) is 5.78 Å². The monoisotopic (exact) mass is 295 g/mol. The fourth-order valence-corrected chi connectivity index (χ4v) is 2.20. The molecule has 2 rings (SSSR count). The molecule has 0 aliphatic carbocycles. The van der Waals surface area contributed by atoms with E-state index < -0.39 is 0 Å². The molecule has 2 aromatic rings. The molecule has 0 saturated heterocycles. The Balaban J connectivity index is 2.12. The average Bonchev–Trinajstić information content (AvgIpc) is 2.52. The van der Waals surface area contributed by atoms with Crippen molar-refractivity contribution in [3.63, 3.8) is 0 Å². The van der Waals surface area contributed by atoms with Gasteiger partial charge in [-0.3, -0.25) is 4.79 Å². The lowest BCUT2D eigenvalue weighted by atomic mass is 10.1. The van der Waals surface area contributed by atoms with Gasteiger partial charge in [0.1, 0.15) is 5.75 Å². The van der Waals surface area contributed by atoms with Crippen molar-refractivity contribution in [1.29, 1.82) is 0 Å². The van der Waals surface area contributed by atoms with Gasteiger partial charge >= 0.3 is 0 Å². The molecule has 3 heteroatoms. The predicted octanol–water partition coefficient (Wildman–Crippen LogP) is 3.97. The van der Waals surface area contributed by atoms with Crippen molar-refractivity contribution in [2.75, 3.05) is 26.1 Å². The van der Waals surface area contributed by atoms with Crippen LogP contribution in [0.15, 0.2) is 48.5 Å². The fourth-order valence-electron chi connectivity index (χ4n) is 2.20. The Morgan fingerprint density at radius 1 is 1.09 bits per heavy atom. The van der Waals surface area contributed by atoms with Gasteiger partial charge in [-0.25, -0.2) is 0 Å². The van der Waals surface area contributed by atoms with Crippen LogP contribution in [-0.2, 0) is 0 Å². The van der Waals surface area contributed by atoms with Crippen molar-refractivity contribution >= 4 is 17.5 Å². The summed E-state index contributed by atoms with van der Waals surface area (Å²) in [6.07, 6.45) is 3.43. The number of methoxy groups -OCH3 is 1. The number of rotatable bonds is 5. The van der Waals surface area contributed by atoms with Crippen molar-refractivity contribution in [2.45, 2.75) is 6.92 Å². The second kappa shape index (κ2) is 6.94. The molecule has 0 spiro atoms. The molecule has 3 nitrogen and oxygen atoms in total. The average molecular weight is 295 g/mol. The number of aryl methyl sites for hydroxylation is 1. The minimum atomic E-state index is -0.00113. The van der Waals surface area contributed by atoms with Crippen LogP contribution >= 0.6 is 0 Å². The number of carbonyl (C=O) groups is 1. The Bertz CT molecular complexity index is 685. The molecule has 2 aromatic carbocycles. The van der Waals surface area contributed by atoms with Gasteiger partial charge in [-0.05, 0) is 60.5 Å². The van der Waals surface area contributed by atoms with Crippen molar-refractivity contribution in [2.24, 2.45) is 0 Å². The van der Waals surface area contributed by atoms with Gasteiger partial charge < -0.3 is 9.64 Å². The lowest BCUT2D eigenvalue weighted by Gasteiger charge is -2.11. The molecule has 0 amide bonds. The zero-order valence-electron chi connectivity index (χ0n) is 13.5. The Morgan fingerprint density at radius 2 is 1.77 bits per heavy atom. The molecule has 114 valence electrons. The highest BCUT2D eigenvalue weighted by Crippen LogP contribution is 2.19. The van der Waals surface area contributed by atoms with Gasteiger partial charge in [0.15, 0.2) is 5.78 Å². The topological polar surface area (TPSA) is 29.5 Å². The fraction of sp³-hybridized carbons (Fsp3) is 0.211. The largest absolute Gasteiger partial charge is 0.496 e. The molecule has 0 aliphatic heterocycles. The molecule has 0 fully saturated rings. The first-order valence-corrected chi connectivity index (χ1v) is 7.15. The van der Waals surface area contributed by atoms with Crippen LogP contribution in [0.1, 0.15) is 21.5 Å². The summed E-state index contributed by atoms with van der Waals surface area (Å²) in [5, 5.41) is 0. The summed E-state index contributed by atoms with van der Waals surface area (Å²) in [4.78, 5) is 14.2. The third-order valence-corrected chi connectivity index (χ3v) is 3.51. The van der Waals surface area contributed by atoms with E-state index in [2.05, 4.69) is 0 Å². The Labute approximate surface area is 131 Å². The van der Waals surface area contributed by atoms with Gasteiger partial charge in [-0.1, -0.05) is 12.1 Å². The number of hydrogen-bond donors (Lipinski definition) is 0. The summed E-state index contributed by atoms with van der Waals surface area (Å²) in [6.45, 7) is 1.98. The first kappa shape index (κ1) is 15.8. The van der Waals surface area contributed by atoms with E-state index in [9.17, 15) is 4.79 Å². The van der Waals surface area contributed by atoms with Crippen LogP contribution in [-0.4, -0.2) is 27.0 Å².